The number of nitrogens with one attached hydrogen (secondary N) is 2. The third-order valence-electron chi connectivity index (χ3n) is 4.74. The minimum Gasteiger partial charge on any atom is -0.454 e. The molecule has 0 aliphatic heterocycles. The van der Waals surface area contributed by atoms with Crippen LogP contribution in [-0.2, 0) is 19.6 Å². The van der Waals surface area contributed by atoms with E-state index in [9.17, 15) is 22.8 Å². The third kappa shape index (κ3) is 7.94. The van der Waals surface area contributed by atoms with Crippen LogP contribution < -0.4 is 10.0 Å². The van der Waals surface area contributed by atoms with Crippen molar-refractivity contribution < 1.29 is 27.5 Å². The lowest BCUT2D eigenvalue weighted by Crippen LogP contribution is -2.15. The summed E-state index contributed by atoms with van der Waals surface area (Å²) >= 11 is 0. The molecule has 0 aromatic heterocycles. The zero-order valence-corrected chi connectivity index (χ0v) is 19.7. The van der Waals surface area contributed by atoms with Crippen LogP contribution in [0.5, 0.6) is 0 Å². The van der Waals surface area contributed by atoms with Gasteiger partial charge in [-0.1, -0.05) is 43.3 Å². The quantitative estimate of drug-likeness (QED) is 0.318. The first-order valence-corrected chi connectivity index (χ1v) is 12.3. The first-order chi connectivity index (χ1) is 16.8. The number of carbonyl (C=O) groups is 3. The fraction of sp³-hybridized carbons (Fsp3) is 0.115. The van der Waals surface area contributed by atoms with Gasteiger partial charge in [0.1, 0.15) is 0 Å². The van der Waals surface area contributed by atoms with Gasteiger partial charge < -0.3 is 10.1 Å². The summed E-state index contributed by atoms with van der Waals surface area (Å²) < 4.78 is 32.2. The fourth-order valence-corrected chi connectivity index (χ4v) is 3.79. The van der Waals surface area contributed by atoms with Gasteiger partial charge in [-0.2, -0.15) is 0 Å². The van der Waals surface area contributed by atoms with Crippen molar-refractivity contribution in [2.45, 2.75) is 13.3 Å². The van der Waals surface area contributed by atoms with E-state index >= 15 is 0 Å². The first-order valence-electron chi connectivity index (χ1n) is 10.7. The van der Waals surface area contributed by atoms with E-state index in [1.165, 1.54) is 42.5 Å². The number of benzene rings is 3. The number of carbonyl (C=O) groups excluding carboxylic acids is 3. The van der Waals surface area contributed by atoms with Crippen LogP contribution in [0.3, 0.4) is 0 Å². The van der Waals surface area contributed by atoms with Crippen molar-refractivity contribution in [3.8, 4) is 0 Å². The SMILES string of the molecule is CCC(=O)Nc1ccc(C(=O)COC(=O)c2cccc(NS(=O)(=O)C=Cc3ccccc3)c2)cc1. The molecule has 0 atom stereocenters. The summed E-state index contributed by atoms with van der Waals surface area (Å²) in [6.07, 6.45) is 1.79. The number of hydrogen-bond donors (Lipinski definition) is 2. The molecule has 0 unspecified atom stereocenters. The van der Waals surface area contributed by atoms with Gasteiger partial charge in [0, 0.05) is 23.4 Å². The molecule has 3 rings (SSSR count). The zero-order valence-electron chi connectivity index (χ0n) is 18.9. The molecule has 0 bridgehead atoms. The van der Waals surface area contributed by atoms with Crippen LogP contribution in [0.2, 0.25) is 0 Å². The third-order valence-corrected chi connectivity index (χ3v) is 5.76. The molecule has 0 spiro atoms. The van der Waals surface area contributed by atoms with Gasteiger partial charge in [-0.15, -0.1) is 0 Å². The van der Waals surface area contributed by atoms with Gasteiger partial charge in [0.25, 0.3) is 10.0 Å². The molecule has 0 saturated carbocycles. The van der Waals surface area contributed by atoms with E-state index < -0.39 is 28.4 Å². The van der Waals surface area contributed by atoms with E-state index in [0.29, 0.717) is 17.7 Å². The number of amides is 1. The Balaban J connectivity index is 1.58. The second kappa shape index (κ2) is 11.8. The van der Waals surface area contributed by atoms with Gasteiger partial charge in [0.15, 0.2) is 12.4 Å². The maximum Gasteiger partial charge on any atom is 0.338 e. The standard InChI is InChI=1S/C26H24N2O6S/c1-2-25(30)27-22-13-11-20(12-14-22)24(29)18-34-26(31)21-9-6-10-23(17-21)28-35(32,33)16-15-19-7-4-3-5-8-19/h3-17,28H,2,18H2,1H3,(H,27,30). The van der Waals surface area contributed by atoms with E-state index in [4.69, 9.17) is 4.74 Å². The molecule has 0 aliphatic rings. The Hall–Kier alpha value is -4.24. The Labute approximate surface area is 203 Å². The molecule has 3 aromatic carbocycles. The van der Waals surface area contributed by atoms with Gasteiger partial charge in [-0.25, -0.2) is 13.2 Å². The molecular formula is C26H24N2O6S. The maximum atomic E-state index is 12.4. The molecule has 9 heteroatoms. The van der Waals surface area contributed by atoms with Gasteiger partial charge >= 0.3 is 5.97 Å². The number of Topliss-reactive ketones (excluding diaryl/α,β-unsaturated/α-hetero) is 1. The molecule has 0 heterocycles. The Bertz CT molecular complexity index is 1330. The number of hydrogen-bond acceptors (Lipinski definition) is 6. The minimum atomic E-state index is -3.81. The molecule has 0 radical (unpaired) electrons. The molecule has 0 fully saturated rings. The highest BCUT2D eigenvalue weighted by Gasteiger charge is 2.14. The van der Waals surface area contributed by atoms with E-state index in [1.54, 1.807) is 43.3 Å². The number of rotatable bonds is 10. The highest BCUT2D eigenvalue weighted by atomic mass is 32.2. The number of ether oxygens (including phenoxy) is 1. The number of ketones is 1. The molecule has 2 N–H and O–H groups in total. The van der Waals surface area contributed by atoms with Crippen molar-refractivity contribution in [3.63, 3.8) is 0 Å². The Kier molecular flexibility index (Phi) is 8.53. The lowest BCUT2D eigenvalue weighted by Gasteiger charge is -2.08. The van der Waals surface area contributed by atoms with Gasteiger partial charge in [-0.05, 0) is 54.1 Å². The summed E-state index contributed by atoms with van der Waals surface area (Å²) in [7, 11) is -3.81. The lowest BCUT2D eigenvalue weighted by molar-refractivity contribution is -0.115. The molecule has 0 aliphatic carbocycles. The smallest absolute Gasteiger partial charge is 0.338 e. The van der Waals surface area contributed by atoms with Crippen LogP contribution in [-0.4, -0.2) is 32.7 Å². The summed E-state index contributed by atoms with van der Waals surface area (Å²) in [6.45, 7) is 1.24. The van der Waals surface area contributed by atoms with Crippen LogP contribution in [0.15, 0.2) is 84.3 Å². The summed E-state index contributed by atoms with van der Waals surface area (Å²) in [4.78, 5) is 36.2. The van der Waals surface area contributed by atoms with Crippen molar-refractivity contribution in [3.05, 3.63) is 101 Å². The highest BCUT2D eigenvalue weighted by molar-refractivity contribution is 7.95. The van der Waals surface area contributed by atoms with Crippen LogP contribution in [0.1, 0.15) is 39.6 Å². The Morgan fingerprint density at radius 1 is 0.857 bits per heavy atom. The Morgan fingerprint density at radius 2 is 1.57 bits per heavy atom. The predicted molar refractivity (Wildman–Crippen MR) is 134 cm³/mol. The molecule has 3 aromatic rings. The molecule has 180 valence electrons. The van der Waals surface area contributed by atoms with E-state index in [1.807, 2.05) is 6.07 Å². The number of anilines is 2. The van der Waals surface area contributed by atoms with Crippen LogP contribution in [0.25, 0.3) is 6.08 Å². The average Bonchev–Trinajstić information content (AvgIpc) is 2.86. The average molecular weight is 493 g/mol. The highest BCUT2D eigenvalue weighted by Crippen LogP contribution is 2.16. The van der Waals surface area contributed by atoms with E-state index in [0.717, 1.165) is 11.0 Å². The summed E-state index contributed by atoms with van der Waals surface area (Å²) in [6, 6.07) is 21.0. The molecule has 8 nitrogen and oxygen atoms in total. The molecule has 35 heavy (non-hydrogen) atoms. The van der Waals surface area contributed by atoms with Crippen molar-refractivity contribution in [1.82, 2.24) is 0 Å². The second-order valence-corrected chi connectivity index (χ2v) is 8.99. The fourth-order valence-electron chi connectivity index (χ4n) is 2.93. The van der Waals surface area contributed by atoms with Crippen LogP contribution in [0, 0.1) is 0 Å². The van der Waals surface area contributed by atoms with Gasteiger partial charge in [0.05, 0.1) is 11.0 Å². The predicted octanol–water partition coefficient (Wildman–Crippen LogP) is 4.49. The zero-order chi connectivity index (χ0) is 25.3. The second-order valence-electron chi connectivity index (χ2n) is 7.42. The molecule has 1 amide bonds. The van der Waals surface area contributed by atoms with Crippen molar-refractivity contribution in [2.24, 2.45) is 0 Å². The van der Waals surface area contributed by atoms with Crippen LogP contribution in [0.4, 0.5) is 11.4 Å². The normalized spacial score (nSPS) is 11.1. The monoisotopic (exact) mass is 492 g/mol. The minimum absolute atomic E-state index is 0.0858. The summed E-state index contributed by atoms with van der Waals surface area (Å²) in [5.41, 5.74) is 1.86. The first kappa shape index (κ1) is 25.4. The molecule has 0 saturated heterocycles. The van der Waals surface area contributed by atoms with Gasteiger partial charge in [-0.3, -0.25) is 14.3 Å². The van der Waals surface area contributed by atoms with Crippen molar-refractivity contribution >= 4 is 45.1 Å². The lowest BCUT2D eigenvalue weighted by atomic mass is 10.1. The Morgan fingerprint density at radius 3 is 2.26 bits per heavy atom. The van der Waals surface area contributed by atoms with E-state index in [2.05, 4.69) is 10.0 Å². The topological polar surface area (TPSA) is 119 Å². The van der Waals surface area contributed by atoms with E-state index in [-0.39, 0.29) is 17.2 Å². The summed E-state index contributed by atoms with van der Waals surface area (Å²) in [5, 5.41) is 3.71. The maximum absolute atomic E-state index is 12.4. The number of sulfonamides is 1. The van der Waals surface area contributed by atoms with Crippen molar-refractivity contribution in [2.75, 3.05) is 16.6 Å². The molecular weight excluding hydrogens is 468 g/mol. The largest absolute Gasteiger partial charge is 0.454 e. The van der Waals surface area contributed by atoms with Gasteiger partial charge in [0.2, 0.25) is 5.91 Å². The summed E-state index contributed by atoms with van der Waals surface area (Å²) in [5.74, 6) is -1.34. The van der Waals surface area contributed by atoms with Crippen molar-refractivity contribution in [1.29, 1.82) is 0 Å². The number of esters is 1. The van der Waals surface area contributed by atoms with Crippen LogP contribution >= 0.6 is 0 Å².